The first-order valence-corrected chi connectivity index (χ1v) is 7.29. The molecule has 3 nitrogen and oxygen atoms in total. The third-order valence-electron chi connectivity index (χ3n) is 3.53. The minimum Gasteiger partial charge on any atom is -0.490 e. The van der Waals surface area contributed by atoms with E-state index in [0.29, 0.717) is 19.8 Å². The lowest BCUT2D eigenvalue weighted by Crippen LogP contribution is -2.05. The van der Waals surface area contributed by atoms with Crippen molar-refractivity contribution >= 4 is 0 Å². The summed E-state index contributed by atoms with van der Waals surface area (Å²) in [5.74, 6) is 1.50. The number of para-hydroxylation sites is 1. The SMILES string of the molecule is CCOc1cccc(CN)c1OCc1ccc(C)c(C)c1. The van der Waals surface area contributed by atoms with Crippen molar-refractivity contribution in [2.24, 2.45) is 5.73 Å². The van der Waals surface area contributed by atoms with Crippen LogP contribution in [0.1, 0.15) is 29.2 Å². The van der Waals surface area contributed by atoms with Gasteiger partial charge in [0.15, 0.2) is 11.5 Å². The number of nitrogens with two attached hydrogens (primary N) is 1. The molecule has 0 aliphatic carbocycles. The van der Waals surface area contributed by atoms with Gasteiger partial charge in [-0.15, -0.1) is 0 Å². The van der Waals surface area contributed by atoms with Crippen molar-refractivity contribution in [3.05, 3.63) is 58.7 Å². The summed E-state index contributed by atoms with van der Waals surface area (Å²) in [7, 11) is 0. The minimum atomic E-state index is 0.434. The molecule has 0 aliphatic heterocycles. The van der Waals surface area contributed by atoms with E-state index in [1.807, 2.05) is 25.1 Å². The Morgan fingerprint density at radius 3 is 2.48 bits per heavy atom. The van der Waals surface area contributed by atoms with Crippen LogP contribution >= 0.6 is 0 Å². The lowest BCUT2D eigenvalue weighted by Gasteiger charge is -2.15. The van der Waals surface area contributed by atoms with Crippen LogP contribution in [0.3, 0.4) is 0 Å². The second-order valence-corrected chi connectivity index (χ2v) is 5.09. The van der Waals surface area contributed by atoms with Crippen LogP contribution in [0, 0.1) is 13.8 Å². The maximum Gasteiger partial charge on any atom is 0.166 e. The second kappa shape index (κ2) is 7.14. The molecule has 0 bridgehead atoms. The molecule has 0 spiro atoms. The quantitative estimate of drug-likeness (QED) is 0.879. The van der Waals surface area contributed by atoms with Crippen molar-refractivity contribution in [1.29, 1.82) is 0 Å². The molecule has 2 rings (SSSR count). The summed E-state index contributed by atoms with van der Waals surface area (Å²) in [4.78, 5) is 0. The van der Waals surface area contributed by atoms with Crippen molar-refractivity contribution in [1.82, 2.24) is 0 Å². The Labute approximate surface area is 126 Å². The molecule has 0 aromatic heterocycles. The molecule has 2 aromatic rings. The highest BCUT2D eigenvalue weighted by atomic mass is 16.5. The number of hydrogen-bond acceptors (Lipinski definition) is 3. The Morgan fingerprint density at radius 1 is 1.00 bits per heavy atom. The van der Waals surface area contributed by atoms with Gasteiger partial charge < -0.3 is 15.2 Å². The molecular formula is C18H23NO2. The van der Waals surface area contributed by atoms with Crippen molar-refractivity contribution in [3.63, 3.8) is 0 Å². The van der Waals surface area contributed by atoms with Crippen molar-refractivity contribution in [3.8, 4) is 11.5 Å². The first kappa shape index (κ1) is 15.4. The Kier molecular flexibility index (Phi) is 5.23. The molecule has 0 aliphatic rings. The predicted octanol–water partition coefficient (Wildman–Crippen LogP) is 3.74. The van der Waals surface area contributed by atoms with Gasteiger partial charge in [-0.1, -0.05) is 30.3 Å². The summed E-state index contributed by atoms with van der Waals surface area (Å²) < 4.78 is 11.6. The van der Waals surface area contributed by atoms with Crippen LogP contribution in [0.25, 0.3) is 0 Å². The molecule has 0 heterocycles. The van der Waals surface area contributed by atoms with Gasteiger partial charge in [0, 0.05) is 12.1 Å². The van der Waals surface area contributed by atoms with Crippen LogP contribution in [-0.2, 0) is 13.2 Å². The van der Waals surface area contributed by atoms with Gasteiger partial charge in [-0.3, -0.25) is 0 Å². The zero-order valence-corrected chi connectivity index (χ0v) is 13.0. The summed E-state index contributed by atoms with van der Waals surface area (Å²) in [5.41, 5.74) is 10.5. The molecule has 2 N–H and O–H groups in total. The lowest BCUT2D eigenvalue weighted by molar-refractivity contribution is 0.266. The fraction of sp³-hybridized carbons (Fsp3) is 0.333. The summed E-state index contributed by atoms with van der Waals surface area (Å²) in [6.07, 6.45) is 0. The van der Waals surface area contributed by atoms with Gasteiger partial charge in [-0.05, 0) is 43.5 Å². The number of aryl methyl sites for hydroxylation is 2. The van der Waals surface area contributed by atoms with Crippen molar-refractivity contribution in [2.75, 3.05) is 6.61 Å². The van der Waals surface area contributed by atoms with Crippen LogP contribution in [0.2, 0.25) is 0 Å². The first-order valence-electron chi connectivity index (χ1n) is 7.29. The second-order valence-electron chi connectivity index (χ2n) is 5.09. The van der Waals surface area contributed by atoms with E-state index in [-0.39, 0.29) is 0 Å². The van der Waals surface area contributed by atoms with E-state index in [1.165, 1.54) is 11.1 Å². The third kappa shape index (κ3) is 3.76. The maximum absolute atomic E-state index is 5.99. The molecule has 0 atom stereocenters. The molecule has 0 fully saturated rings. The third-order valence-corrected chi connectivity index (χ3v) is 3.53. The topological polar surface area (TPSA) is 44.5 Å². The van der Waals surface area contributed by atoms with Crippen molar-refractivity contribution < 1.29 is 9.47 Å². The van der Waals surface area contributed by atoms with E-state index in [1.54, 1.807) is 0 Å². The summed E-state index contributed by atoms with van der Waals surface area (Å²) in [6.45, 7) is 7.73. The van der Waals surface area contributed by atoms with Crippen LogP contribution in [0.4, 0.5) is 0 Å². The zero-order valence-electron chi connectivity index (χ0n) is 13.0. The molecule has 0 amide bonds. The first-order chi connectivity index (χ1) is 10.2. The van der Waals surface area contributed by atoms with E-state index in [9.17, 15) is 0 Å². The molecule has 3 heteroatoms. The highest BCUT2D eigenvalue weighted by molar-refractivity contribution is 5.46. The van der Waals surface area contributed by atoms with Crippen molar-refractivity contribution in [2.45, 2.75) is 33.9 Å². The standard InChI is InChI=1S/C18H23NO2/c1-4-20-17-7-5-6-16(11-19)18(17)21-12-15-9-8-13(2)14(3)10-15/h5-10H,4,11-12,19H2,1-3H3. The smallest absolute Gasteiger partial charge is 0.166 e. The number of benzene rings is 2. The molecule has 112 valence electrons. The maximum atomic E-state index is 5.99. The molecule has 0 unspecified atom stereocenters. The molecule has 2 aromatic carbocycles. The van der Waals surface area contributed by atoms with E-state index in [4.69, 9.17) is 15.2 Å². The predicted molar refractivity (Wildman–Crippen MR) is 85.8 cm³/mol. The molecular weight excluding hydrogens is 262 g/mol. The van der Waals surface area contributed by atoms with Crippen LogP contribution in [0.5, 0.6) is 11.5 Å². The van der Waals surface area contributed by atoms with Gasteiger partial charge in [0.25, 0.3) is 0 Å². The Hall–Kier alpha value is -2.00. The minimum absolute atomic E-state index is 0.434. The van der Waals surface area contributed by atoms with Gasteiger partial charge in [-0.25, -0.2) is 0 Å². The summed E-state index contributed by atoms with van der Waals surface area (Å²) in [6, 6.07) is 12.2. The highest BCUT2D eigenvalue weighted by Crippen LogP contribution is 2.32. The summed E-state index contributed by atoms with van der Waals surface area (Å²) >= 11 is 0. The van der Waals surface area contributed by atoms with Crippen LogP contribution < -0.4 is 15.2 Å². The molecule has 0 saturated carbocycles. The van der Waals surface area contributed by atoms with Gasteiger partial charge >= 0.3 is 0 Å². The monoisotopic (exact) mass is 285 g/mol. The average molecular weight is 285 g/mol. The van der Waals surface area contributed by atoms with E-state index < -0.39 is 0 Å². The van der Waals surface area contributed by atoms with E-state index >= 15 is 0 Å². The fourth-order valence-electron chi connectivity index (χ4n) is 2.20. The average Bonchev–Trinajstić information content (AvgIpc) is 2.49. The van der Waals surface area contributed by atoms with Crippen LogP contribution in [0.15, 0.2) is 36.4 Å². The number of ether oxygens (including phenoxy) is 2. The lowest BCUT2D eigenvalue weighted by atomic mass is 10.1. The molecule has 21 heavy (non-hydrogen) atoms. The van der Waals surface area contributed by atoms with Gasteiger partial charge in [0.1, 0.15) is 6.61 Å². The fourth-order valence-corrected chi connectivity index (χ4v) is 2.20. The Morgan fingerprint density at radius 2 is 1.81 bits per heavy atom. The van der Waals surface area contributed by atoms with Gasteiger partial charge in [-0.2, -0.15) is 0 Å². The molecule has 0 radical (unpaired) electrons. The molecule has 0 saturated heterocycles. The normalized spacial score (nSPS) is 10.5. The van der Waals surface area contributed by atoms with Gasteiger partial charge in [0.05, 0.1) is 6.61 Å². The Balaban J connectivity index is 2.20. The largest absolute Gasteiger partial charge is 0.490 e. The highest BCUT2D eigenvalue weighted by Gasteiger charge is 2.10. The number of rotatable bonds is 6. The van der Waals surface area contributed by atoms with Gasteiger partial charge in [0.2, 0.25) is 0 Å². The zero-order chi connectivity index (χ0) is 15.2. The van der Waals surface area contributed by atoms with E-state index in [2.05, 4.69) is 32.0 Å². The summed E-state index contributed by atoms with van der Waals surface area (Å²) in [5, 5.41) is 0. The number of hydrogen-bond donors (Lipinski definition) is 1. The Bertz CT molecular complexity index is 608. The van der Waals surface area contributed by atoms with E-state index in [0.717, 1.165) is 22.6 Å². The van der Waals surface area contributed by atoms with Crippen LogP contribution in [-0.4, -0.2) is 6.61 Å².